The molecule has 1 atom stereocenters. The number of anilines is 1. The first-order chi connectivity index (χ1) is 9.85. The molecule has 2 aromatic carbocycles. The van der Waals surface area contributed by atoms with E-state index >= 15 is 0 Å². The topological polar surface area (TPSA) is 21.3 Å². The van der Waals surface area contributed by atoms with E-state index in [2.05, 4.69) is 54.7 Å². The number of methoxy groups -OCH3 is 1. The molecule has 1 aliphatic rings. The zero-order valence-electron chi connectivity index (χ0n) is 12.1. The molecule has 1 unspecified atom stereocenters. The number of ether oxygens (including phenoxy) is 1. The van der Waals surface area contributed by atoms with Crippen molar-refractivity contribution in [3.63, 3.8) is 0 Å². The highest BCUT2D eigenvalue weighted by Crippen LogP contribution is 2.42. The zero-order chi connectivity index (χ0) is 13.9. The van der Waals surface area contributed by atoms with Crippen LogP contribution in [0.3, 0.4) is 0 Å². The number of nitrogens with one attached hydrogen (secondary N) is 1. The number of fused-ring (bicyclic) bond motifs is 1. The molecular weight excluding hydrogens is 246 g/mol. The van der Waals surface area contributed by atoms with Crippen LogP contribution in [-0.4, -0.2) is 13.7 Å². The fraction of sp³-hybridized carbons (Fsp3) is 0.333. The average Bonchev–Trinajstić information content (AvgIpc) is 2.97. The molecule has 2 nitrogen and oxygen atoms in total. The van der Waals surface area contributed by atoms with E-state index in [0.29, 0.717) is 5.92 Å². The van der Waals surface area contributed by atoms with E-state index in [-0.39, 0.29) is 0 Å². The van der Waals surface area contributed by atoms with Gasteiger partial charge in [-0.2, -0.15) is 0 Å². The maximum atomic E-state index is 5.73. The van der Waals surface area contributed by atoms with Gasteiger partial charge in [0.1, 0.15) is 5.75 Å². The summed E-state index contributed by atoms with van der Waals surface area (Å²) in [6, 6.07) is 15.2. The molecule has 0 aliphatic carbocycles. The first kappa shape index (κ1) is 13.0. The Morgan fingerprint density at radius 1 is 1.15 bits per heavy atom. The maximum Gasteiger partial charge on any atom is 0.146 e. The number of rotatable bonds is 4. The molecular formula is C18H21NO. The summed E-state index contributed by atoms with van der Waals surface area (Å²) in [5.41, 5.74) is 5.20. The monoisotopic (exact) mass is 267 g/mol. The summed E-state index contributed by atoms with van der Waals surface area (Å²) in [4.78, 5) is 0. The van der Waals surface area contributed by atoms with Crippen LogP contribution in [0.5, 0.6) is 5.75 Å². The van der Waals surface area contributed by atoms with Gasteiger partial charge in [0.05, 0.1) is 12.8 Å². The van der Waals surface area contributed by atoms with Gasteiger partial charge in [-0.15, -0.1) is 0 Å². The van der Waals surface area contributed by atoms with Crippen LogP contribution in [0.15, 0.2) is 42.5 Å². The Bertz CT molecular complexity index is 592. The Labute approximate surface area is 120 Å². The van der Waals surface area contributed by atoms with Crippen molar-refractivity contribution in [3.8, 4) is 5.75 Å². The summed E-state index contributed by atoms with van der Waals surface area (Å²) in [5.74, 6) is 1.41. The molecule has 0 fully saturated rings. The van der Waals surface area contributed by atoms with Gasteiger partial charge in [-0.1, -0.05) is 49.4 Å². The Kier molecular flexibility index (Phi) is 3.64. The summed E-state index contributed by atoms with van der Waals surface area (Å²) in [5, 5.41) is 3.47. The minimum Gasteiger partial charge on any atom is -0.494 e. The molecule has 2 aromatic rings. The molecule has 0 saturated carbocycles. The lowest BCUT2D eigenvalue weighted by Gasteiger charge is -2.21. The van der Waals surface area contributed by atoms with Crippen molar-refractivity contribution in [2.24, 2.45) is 0 Å². The summed E-state index contributed by atoms with van der Waals surface area (Å²) < 4.78 is 5.73. The first-order valence-electron chi connectivity index (χ1n) is 7.33. The standard InChI is InChI=1S/C18H21NO/c1-3-15(13-7-5-4-6-8-13)16-10-9-14-11-12-19-17(14)18(16)20-2/h4-10,15,19H,3,11-12H2,1-2H3. The molecule has 0 bridgehead atoms. The van der Waals surface area contributed by atoms with Crippen molar-refractivity contribution in [1.82, 2.24) is 0 Å². The SMILES string of the molecule is CCC(c1ccccc1)c1ccc2c(c1OC)NCC2. The van der Waals surface area contributed by atoms with Crippen LogP contribution >= 0.6 is 0 Å². The van der Waals surface area contributed by atoms with Gasteiger partial charge in [0.15, 0.2) is 0 Å². The fourth-order valence-electron chi connectivity index (χ4n) is 3.18. The van der Waals surface area contributed by atoms with Crippen molar-refractivity contribution in [2.75, 3.05) is 19.0 Å². The van der Waals surface area contributed by atoms with Crippen LogP contribution in [0.25, 0.3) is 0 Å². The molecule has 1 heterocycles. The van der Waals surface area contributed by atoms with E-state index in [4.69, 9.17) is 4.74 Å². The second kappa shape index (κ2) is 5.58. The minimum atomic E-state index is 0.388. The molecule has 1 N–H and O–H groups in total. The molecule has 3 rings (SSSR count). The van der Waals surface area contributed by atoms with Gasteiger partial charge in [0, 0.05) is 18.0 Å². The highest BCUT2D eigenvalue weighted by Gasteiger charge is 2.23. The zero-order valence-corrected chi connectivity index (χ0v) is 12.1. The predicted molar refractivity (Wildman–Crippen MR) is 83.8 cm³/mol. The Morgan fingerprint density at radius 3 is 2.65 bits per heavy atom. The van der Waals surface area contributed by atoms with Crippen molar-refractivity contribution < 1.29 is 4.74 Å². The first-order valence-corrected chi connectivity index (χ1v) is 7.33. The molecule has 104 valence electrons. The summed E-state index contributed by atoms with van der Waals surface area (Å²) >= 11 is 0. The average molecular weight is 267 g/mol. The number of hydrogen-bond acceptors (Lipinski definition) is 2. The van der Waals surface area contributed by atoms with Gasteiger partial charge >= 0.3 is 0 Å². The summed E-state index contributed by atoms with van der Waals surface area (Å²) in [6.07, 6.45) is 2.16. The van der Waals surface area contributed by atoms with E-state index in [1.54, 1.807) is 7.11 Å². The minimum absolute atomic E-state index is 0.388. The molecule has 20 heavy (non-hydrogen) atoms. The van der Waals surface area contributed by atoms with Crippen LogP contribution in [0.2, 0.25) is 0 Å². The normalized spacial score (nSPS) is 14.5. The third-order valence-corrected chi connectivity index (χ3v) is 4.16. The van der Waals surface area contributed by atoms with Crippen LogP contribution in [0.4, 0.5) is 5.69 Å². The molecule has 0 aromatic heterocycles. The second-order valence-corrected chi connectivity index (χ2v) is 5.27. The summed E-state index contributed by atoms with van der Waals surface area (Å²) in [7, 11) is 1.77. The maximum absolute atomic E-state index is 5.73. The lowest BCUT2D eigenvalue weighted by molar-refractivity contribution is 0.409. The van der Waals surface area contributed by atoms with E-state index in [1.807, 2.05) is 0 Å². The van der Waals surface area contributed by atoms with Crippen LogP contribution in [0.1, 0.15) is 36.0 Å². The highest BCUT2D eigenvalue weighted by atomic mass is 16.5. The molecule has 0 radical (unpaired) electrons. The van der Waals surface area contributed by atoms with Gasteiger partial charge < -0.3 is 10.1 Å². The van der Waals surface area contributed by atoms with E-state index in [1.165, 1.54) is 22.4 Å². The number of hydrogen-bond donors (Lipinski definition) is 1. The highest BCUT2D eigenvalue weighted by molar-refractivity contribution is 5.69. The molecule has 0 spiro atoms. The van der Waals surface area contributed by atoms with Crippen LogP contribution < -0.4 is 10.1 Å². The predicted octanol–water partition coefficient (Wildman–Crippen LogP) is 4.21. The Morgan fingerprint density at radius 2 is 1.95 bits per heavy atom. The van der Waals surface area contributed by atoms with Crippen LogP contribution in [0, 0.1) is 0 Å². The molecule has 1 aliphatic heterocycles. The molecule has 0 amide bonds. The van der Waals surface area contributed by atoms with E-state index in [9.17, 15) is 0 Å². The second-order valence-electron chi connectivity index (χ2n) is 5.27. The Hall–Kier alpha value is -1.96. The van der Waals surface area contributed by atoms with Gasteiger partial charge in [-0.05, 0) is 24.0 Å². The number of benzene rings is 2. The lowest BCUT2D eigenvalue weighted by Crippen LogP contribution is -2.04. The Balaban J connectivity index is 2.09. The third-order valence-electron chi connectivity index (χ3n) is 4.16. The quantitative estimate of drug-likeness (QED) is 0.896. The molecule has 0 saturated heterocycles. The fourth-order valence-corrected chi connectivity index (χ4v) is 3.18. The summed E-state index contributed by atoms with van der Waals surface area (Å²) in [6.45, 7) is 3.25. The molecule has 2 heteroatoms. The van der Waals surface area contributed by atoms with Crippen LogP contribution in [-0.2, 0) is 6.42 Å². The van der Waals surface area contributed by atoms with Crippen molar-refractivity contribution in [2.45, 2.75) is 25.7 Å². The smallest absolute Gasteiger partial charge is 0.146 e. The van der Waals surface area contributed by atoms with Gasteiger partial charge in [-0.3, -0.25) is 0 Å². The largest absolute Gasteiger partial charge is 0.494 e. The van der Waals surface area contributed by atoms with Gasteiger partial charge in [-0.25, -0.2) is 0 Å². The van der Waals surface area contributed by atoms with Crippen molar-refractivity contribution in [3.05, 3.63) is 59.2 Å². The van der Waals surface area contributed by atoms with E-state index in [0.717, 1.165) is 25.1 Å². The van der Waals surface area contributed by atoms with Gasteiger partial charge in [0.25, 0.3) is 0 Å². The third kappa shape index (κ3) is 2.15. The van der Waals surface area contributed by atoms with Crippen molar-refractivity contribution >= 4 is 5.69 Å². The van der Waals surface area contributed by atoms with E-state index < -0.39 is 0 Å². The lowest BCUT2D eigenvalue weighted by atomic mass is 9.87. The van der Waals surface area contributed by atoms with Gasteiger partial charge in [0.2, 0.25) is 0 Å². The van der Waals surface area contributed by atoms with Crippen molar-refractivity contribution in [1.29, 1.82) is 0 Å².